The molecule has 0 spiro atoms. The second-order valence-corrected chi connectivity index (χ2v) is 6.42. The van der Waals surface area contributed by atoms with Crippen LogP contribution >= 0.6 is 0 Å². The molecule has 0 atom stereocenters. The molecule has 5 heteroatoms. The molecule has 0 saturated carbocycles. The first kappa shape index (κ1) is 16.3. The molecule has 0 aromatic heterocycles. The average molecular weight is 368 g/mol. The predicted octanol–water partition coefficient (Wildman–Crippen LogP) is 4.25. The van der Waals surface area contributed by atoms with Gasteiger partial charge in [-0.05, 0) is 35.9 Å². The van der Waals surface area contributed by atoms with Crippen LogP contribution in [-0.2, 0) is 4.79 Å². The molecular weight excluding hydrogens is 352 g/mol. The van der Waals surface area contributed by atoms with Crippen LogP contribution < -0.4 is 14.4 Å². The van der Waals surface area contributed by atoms with Crippen molar-refractivity contribution in [3.8, 4) is 11.5 Å². The molecule has 0 N–H and O–H groups in total. The number of fused-ring (bicyclic) bond motifs is 1. The number of benzene rings is 3. The topological polar surface area (TPSA) is 51.1 Å². The van der Waals surface area contributed by atoms with Crippen LogP contribution in [0.1, 0.15) is 11.1 Å². The fourth-order valence-corrected chi connectivity index (χ4v) is 3.27. The van der Waals surface area contributed by atoms with Crippen LogP contribution in [0, 0.1) is 0 Å². The number of amidine groups is 1. The van der Waals surface area contributed by atoms with Crippen LogP contribution in [0.2, 0.25) is 0 Å². The summed E-state index contributed by atoms with van der Waals surface area (Å²) in [5.74, 6) is 1.83. The number of nitrogens with zero attached hydrogens (tertiary/aromatic N) is 2. The molecule has 2 heterocycles. The van der Waals surface area contributed by atoms with Crippen molar-refractivity contribution < 1.29 is 14.3 Å². The first-order chi connectivity index (χ1) is 13.8. The van der Waals surface area contributed by atoms with Crippen molar-refractivity contribution in [2.45, 2.75) is 0 Å². The van der Waals surface area contributed by atoms with Gasteiger partial charge in [-0.3, -0.25) is 9.69 Å². The minimum atomic E-state index is -0.164. The van der Waals surface area contributed by atoms with E-state index in [0.29, 0.717) is 23.0 Å². The Morgan fingerprint density at radius 1 is 0.857 bits per heavy atom. The summed E-state index contributed by atoms with van der Waals surface area (Å²) in [6.45, 7) is 0.215. The van der Waals surface area contributed by atoms with E-state index in [4.69, 9.17) is 9.47 Å². The maximum atomic E-state index is 13.2. The number of anilines is 1. The Balaban J connectivity index is 1.59. The standard InChI is InChI=1S/C23H16N2O3/c26-23-19(13-16-11-12-20-21(14-16)28-15-27-20)24-22(17-7-3-1-4-8-17)25(23)18-9-5-2-6-10-18/h1-14H,15H2/b19-13-. The molecule has 0 fully saturated rings. The zero-order valence-corrected chi connectivity index (χ0v) is 14.9. The molecule has 136 valence electrons. The van der Waals surface area contributed by atoms with Crippen LogP contribution in [0.5, 0.6) is 11.5 Å². The molecule has 2 aliphatic heterocycles. The number of carbonyl (C=O) groups excluding carboxylic acids is 1. The first-order valence-electron chi connectivity index (χ1n) is 8.94. The lowest BCUT2D eigenvalue weighted by Gasteiger charge is -2.18. The summed E-state index contributed by atoms with van der Waals surface area (Å²) < 4.78 is 10.8. The van der Waals surface area contributed by atoms with Crippen LogP contribution in [0.25, 0.3) is 6.08 Å². The maximum absolute atomic E-state index is 13.2. The molecule has 5 rings (SSSR count). The minimum absolute atomic E-state index is 0.164. The number of hydrogen-bond donors (Lipinski definition) is 0. The quantitative estimate of drug-likeness (QED) is 0.650. The van der Waals surface area contributed by atoms with Gasteiger partial charge in [-0.1, -0.05) is 54.6 Å². The van der Waals surface area contributed by atoms with Gasteiger partial charge >= 0.3 is 0 Å². The molecule has 0 saturated heterocycles. The van der Waals surface area contributed by atoms with Crippen molar-refractivity contribution in [3.63, 3.8) is 0 Å². The highest BCUT2D eigenvalue weighted by Crippen LogP contribution is 2.34. The van der Waals surface area contributed by atoms with Crippen molar-refractivity contribution >= 4 is 23.5 Å². The molecule has 0 radical (unpaired) electrons. The number of carbonyl (C=O) groups is 1. The second-order valence-electron chi connectivity index (χ2n) is 6.42. The van der Waals surface area contributed by atoms with Gasteiger partial charge in [0.25, 0.3) is 5.91 Å². The molecule has 0 aliphatic carbocycles. The van der Waals surface area contributed by atoms with Crippen LogP contribution in [-0.4, -0.2) is 18.5 Å². The van der Waals surface area contributed by atoms with Crippen molar-refractivity contribution in [2.75, 3.05) is 11.7 Å². The summed E-state index contributed by atoms with van der Waals surface area (Å²) in [5.41, 5.74) is 2.87. The van der Waals surface area contributed by atoms with Crippen molar-refractivity contribution in [1.29, 1.82) is 0 Å². The summed E-state index contributed by atoms with van der Waals surface area (Å²) in [6, 6.07) is 24.8. The van der Waals surface area contributed by atoms with Gasteiger partial charge in [0.2, 0.25) is 6.79 Å². The zero-order chi connectivity index (χ0) is 18.9. The molecule has 5 nitrogen and oxygen atoms in total. The van der Waals surface area contributed by atoms with Gasteiger partial charge < -0.3 is 9.47 Å². The highest BCUT2D eigenvalue weighted by molar-refractivity contribution is 6.33. The lowest BCUT2D eigenvalue weighted by atomic mass is 10.1. The van der Waals surface area contributed by atoms with Crippen LogP contribution in [0.4, 0.5) is 5.69 Å². The van der Waals surface area contributed by atoms with E-state index >= 15 is 0 Å². The van der Waals surface area contributed by atoms with E-state index in [0.717, 1.165) is 16.8 Å². The average Bonchev–Trinajstić information content (AvgIpc) is 3.34. The number of rotatable bonds is 3. The molecule has 3 aromatic carbocycles. The molecule has 2 aliphatic rings. The summed E-state index contributed by atoms with van der Waals surface area (Å²) >= 11 is 0. The summed E-state index contributed by atoms with van der Waals surface area (Å²) in [5, 5.41) is 0. The Kier molecular flexibility index (Phi) is 3.91. The van der Waals surface area contributed by atoms with E-state index in [1.165, 1.54) is 0 Å². The van der Waals surface area contributed by atoms with Gasteiger partial charge in [0.1, 0.15) is 11.5 Å². The summed E-state index contributed by atoms with van der Waals surface area (Å²) in [6.07, 6.45) is 1.77. The number of amides is 1. The monoisotopic (exact) mass is 368 g/mol. The molecule has 0 unspecified atom stereocenters. The lowest BCUT2D eigenvalue weighted by Crippen LogP contribution is -2.32. The highest BCUT2D eigenvalue weighted by atomic mass is 16.7. The zero-order valence-electron chi connectivity index (χ0n) is 14.9. The molecule has 28 heavy (non-hydrogen) atoms. The smallest absolute Gasteiger partial charge is 0.282 e. The first-order valence-corrected chi connectivity index (χ1v) is 8.94. The third-order valence-corrected chi connectivity index (χ3v) is 4.61. The van der Waals surface area contributed by atoms with Gasteiger partial charge in [-0.25, -0.2) is 4.99 Å². The highest BCUT2D eigenvalue weighted by Gasteiger charge is 2.32. The largest absolute Gasteiger partial charge is 0.454 e. The summed E-state index contributed by atoms with van der Waals surface area (Å²) in [4.78, 5) is 19.5. The van der Waals surface area contributed by atoms with Gasteiger partial charge in [0, 0.05) is 5.56 Å². The Hall–Kier alpha value is -3.86. The number of ether oxygens (including phenoxy) is 2. The number of para-hydroxylation sites is 1. The minimum Gasteiger partial charge on any atom is -0.454 e. The Bertz CT molecular complexity index is 1110. The van der Waals surface area contributed by atoms with Crippen LogP contribution in [0.15, 0.2) is 89.6 Å². The Morgan fingerprint density at radius 3 is 2.36 bits per heavy atom. The number of hydrogen-bond acceptors (Lipinski definition) is 4. The predicted molar refractivity (Wildman–Crippen MR) is 107 cm³/mol. The van der Waals surface area contributed by atoms with E-state index in [1.807, 2.05) is 78.9 Å². The molecular formula is C23H16N2O3. The van der Waals surface area contributed by atoms with E-state index in [1.54, 1.807) is 11.0 Å². The Morgan fingerprint density at radius 2 is 1.57 bits per heavy atom. The maximum Gasteiger partial charge on any atom is 0.282 e. The molecule has 1 amide bonds. The van der Waals surface area contributed by atoms with Crippen LogP contribution in [0.3, 0.4) is 0 Å². The van der Waals surface area contributed by atoms with Gasteiger partial charge in [-0.2, -0.15) is 0 Å². The summed E-state index contributed by atoms with van der Waals surface area (Å²) in [7, 11) is 0. The third-order valence-electron chi connectivity index (χ3n) is 4.61. The normalized spacial score (nSPS) is 16.6. The van der Waals surface area contributed by atoms with E-state index in [9.17, 15) is 4.79 Å². The van der Waals surface area contributed by atoms with Crippen molar-refractivity contribution in [2.24, 2.45) is 4.99 Å². The van der Waals surface area contributed by atoms with E-state index < -0.39 is 0 Å². The Labute approximate surface area is 162 Å². The van der Waals surface area contributed by atoms with Gasteiger partial charge in [0.05, 0.1) is 5.69 Å². The fourth-order valence-electron chi connectivity index (χ4n) is 3.27. The molecule has 0 bridgehead atoms. The number of aliphatic imine (C=N–C) groups is 1. The van der Waals surface area contributed by atoms with Crippen molar-refractivity contribution in [1.82, 2.24) is 0 Å². The van der Waals surface area contributed by atoms with Gasteiger partial charge in [0.15, 0.2) is 11.5 Å². The molecule has 3 aromatic rings. The lowest BCUT2D eigenvalue weighted by molar-refractivity contribution is -0.113. The fraction of sp³-hybridized carbons (Fsp3) is 0.0435. The van der Waals surface area contributed by atoms with Gasteiger partial charge in [-0.15, -0.1) is 0 Å². The van der Waals surface area contributed by atoms with Crippen molar-refractivity contribution in [3.05, 3.63) is 95.7 Å². The second kappa shape index (κ2) is 6.70. The third kappa shape index (κ3) is 2.83. The SMILES string of the molecule is O=C1/C(=C/c2ccc3c(c2)OCO3)N=C(c2ccccc2)N1c1ccccc1. The van der Waals surface area contributed by atoms with E-state index in [2.05, 4.69) is 4.99 Å². The van der Waals surface area contributed by atoms with E-state index in [-0.39, 0.29) is 12.7 Å².